The highest BCUT2D eigenvalue weighted by molar-refractivity contribution is 5.37. The minimum absolute atomic E-state index is 0.101. The molecule has 1 N–H and O–H groups in total. The van der Waals surface area contributed by atoms with Gasteiger partial charge in [-0.1, -0.05) is 13.8 Å². The third kappa shape index (κ3) is 2.31. The average Bonchev–Trinajstić information content (AvgIpc) is 2.79. The number of benzene rings is 1. The highest BCUT2D eigenvalue weighted by Crippen LogP contribution is 2.42. The standard InChI is InChI=1S/C16H22FNO2/c1-16(2)14(8-15(16)19-3)18-9-12-7-10-6-11(17)4-5-13(10)20-12/h4-6,12,14-15,18H,7-9H2,1-3H3. The van der Waals surface area contributed by atoms with E-state index in [-0.39, 0.29) is 17.3 Å². The second-order valence-corrected chi connectivity index (χ2v) is 6.44. The van der Waals surface area contributed by atoms with Gasteiger partial charge in [0.15, 0.2) is 0 Å². The molecule has 0 bridgehead atoms. The quantitative estimate of drug-likeness (QED) is 0.918. The Kier molecular flexibility index (Phi) is 3.46. The molecule has 0 amide bonds. The lowest BCUT2D eigenvalue weighted by Crippen LogP contribution is -2.61. The van der Waals surface area contributed by atoms with Gasteiger partial charge in [0.05, 0.1) is 6.10 Å². The van der Waals surface area contributed by atoms with Crippen LogP contribution in [0.2, 0.25) is 0 Å². The first-order valence-corrected chi connectivity index (χ1v) is 7.22. The van der Waals surface area contributed by atoms with Crippen molar-refractivity contribution in [3.8, 4) is 5.75 Å². The lowest BCUT2D eigenvalue weighted by Gasteiger charge is -2.51. The number of halogens is 1. The fourth-order valence-corrected chi connectivity index (χ4v) is 3.31. The van der Waals surface area contributed by atoms with E-state index in [0.29, 0.717) is 12.1 Å². The molecular formula is C16H22FNO2. The fraction of sp³-hybridized carbons (Fsp3) is 0.625. The molecule has 3 unspecified atom stereocenters. The Labute approximate surface area is 119 Å². The highest BCUT2D eigenvalue weighted by Gasteiger charge is 2.48. The van der Waals surface area contributed by atoms with Crippen LogP contribution < -0.4 is 10.1 Å². The van der Waals surface area contributed by atoms with E-state index in [1.807, 2.05) is 0 Å². The maximum atomic E-state index is 13.2. The van der Waals surface area contributed by atoms with Crippen molar-refractivity contribution in [1.82, 2.24) is 5.32 Å². The largest absolute Gasteiger partial charge is 0.488 e. The molecule has 1 saturated carbocycles. The van der Waals surface area contributed by atoms with Gasteiger partial charge in [-0.05, 0) is 24.6 Å². The Hall–Kier alpha value is -1.13. The average molecular weight is 279 g/mol. The molecule has 1 aliphatic carbocycles. The van der Waals surface area contributed by atoms with E-state index in [4.69, 9.17) is 9.47 Å². The highest BCUT2D eigenvalue weighted by atomic mass is 19.1. The van der Waals surface area contributed by atoms with E-state index in [1.165, 1.54) is 6.07 Å². The number of ether oxygens (including phenoxy) is 2. The van der Waals surface area contributed by atoms with E-state index in [9.17, 15) is 4.39 Å². The van der Waals surface area contributed by atoms with Crippen LogP contribution in [-0.2, 0) is 11.2 Å². The number of fused-ring (bicyclic) bond motifs is 1. The summed E-state index contributed by atoms with van der Waals surface area (Å²) in [6.45, 7) is 5.24. The molecule has 0 aromatic heterocycles. The van der Waals surface area contributed by atoms with E-state index in [1.54, 1.807) is 19.2 Å². The summed E-state index contributed by atoms with van der Waals surface area (Å²) in [5.74, 6) is 0.629. The summed E-state index contributed by atoms with van der Waals surface area (Å²) < 4.78 is 24.5. The third-order valence-electron chi connectivity index (χ3n) is 4.82. The molecular weight excluding hydrogens is 257 g/mol. The van der Waals surface area contributed by atoms with Crippen LogP contribution in [0.5, 0.6) is 5.75 Å². The van der Waals surface area contributed by atoms with Gasteiger partial charge in [-0.2, -0.15) is 0 Å². The van der Waals surface area contributed by atoms with Gasteiger partial charge >= 0.3 is 0 Å². The number of hydrogen-bond acceptors (Lipinski definition) is 3. The zero-order valence-electron chi connectivity index (χ0n) is 12.3. The van der Waals surface area contributed by atoms with Crippen LogP contribution in [0.1, 0.15) is 25.8 Å². The van der Waals surface area contributed by atoms with Gasteiger partial charge in [0.2, 0.25) is 0 Å². The zero-order valence-corrected chi connectivity index (χ0v) is 12.3. The molecule has 0 spiro atoms. The minimum Gasteiger partial charge on any atom is -0.488 e. The van der Waals surface area contributed by atoms with Crippen molar-refractivity contribution in [2.75, 3.05) is 13.7 Å². The second kappa shape index (κ2) is 5.01. The first-order valence-electron chi connectivity index (χ1n) is 7.22. The Bertz CT molecular complexity index is 503. The van der Waals surface area contributed by atoms with Crippen LogP contribution in [0, 0.1) is 11.2 Å². The third-order valence-corrected chi connectivity index (χ3v) is 4.82. The van der Waals surface area contributed by atoms with E-state index in [2.05, 4.69) is 19.2 Å². The van der Waals surface area contributed by atoms with Crippen LogP contribution in [0.3, 0.4) is 0 Å². The van der Waals surface area contributed by atoms with Crippen molar-refractivity contribution in [3.63, 3.8) is 0 Å². The summed E-state index contributed by atoms with van der Waals surface area (Å²) in [7, 11) is 1.77. The molecule has 110 valence electrons. The molecule has 3 atom stereocenters. The first-order chi connectivity index (χ1) is 9.50. The minimum atomic E-state index is -0.191. The predicted molar refractivity (Wildman–Crippen MR) is 75.5 cm³/mol. The topological polar surface area (TPSA) is 30.5 Å². The number of nitrogens with one attached hydrogen (secondary N) is 1. The maximum Gasteiger partial charge on any atom is 0.123 e. The summed E-state index contributed by atoms with van der Waals surface area (Å²) in [4.78, 5) is 0. The first kappa shape index (κ1) is 13.8. The van der Waals surface area contributed by atoms with Crippen molar-refractivity contribution in [3.05, 3.63) is 29.6 Å². The van der Waals surface area contributed by atoms with Crippen LogP contribution in [-0.4, -0.2) is 31.9 Å². The van der Waals surface area contributed by atoms with Gasteiger partial charge in [-0.15, -0.1) is 0 Å². The van der Waals surface area contributed by atoms with Crippen molar-refractivity contribution >= 4 is 0 Å². The van der Waals surface area contributed by atoms with Crippen molar-refractivity contribution < 1.29 is 13.9 Å². The molecule has 3 nitrogen and oxygen atoms in total. The Morgan fingerprint density at radius 3 is 2.95 bits per heavy atom. The van der Waals surface area contributed by atoms with Crippen molar-refractivity contribution in [2.24, 2.45) is 5.41 Å². The molecule has 20 heavy (non-hydrogen) atoms. The monoisotopic (exact) mass is 279 g/mol. The Morgan fingerprint density at radius 1 is 1.45 bits per heavy atom. The van der Waals surface area contributed by atoms with Crippen LogP contribution in [0.15, 0.2) is 18.2 Å². The summed E-state index contributed by atoms with van der Waals surface area (Å²) >= 11 is 0. The molecule has 1 aromatic carbocycles. The normalized spacial score (nSPS) is 30.5. The molecule has 1 aromatic rings. The van der Waals surface area contributed by atoms with Gasteiger partial charge in [0, 0.05) is 37.1 Å². The lowest BCUT2D eigenvalue weighted by atomic mass is 9.64. The molecule has 1 fully saturated rings. The molecule has 0 radical (unpaired) electrons. The second-order valence-electron chi connectivity index (χ2n) is 6.44. The number of hydrogen-bond donors (Lipinski definition) is 1. The molecule has 1 aliphatic heterocycles. The SMILES string of the molecule is COC1CC(NCC2Cc3cc(F)ccc3O2)C1(C)C. The molecule has 0 saturated heterocycles. The smallest absolute Gasteiger partial charge is 0.123 e. The van der Waals surface area contributed by atoms with E-state index < -0.39 is 0 Å². The summed E-state index contributed by atoms with van der Waals surface area (Å²) in [5, 5.41) is 3.57. The molecule has 4 heteroatoms. The Morgan fingerprint density at radius 2 is 2.25 bits per heavy atom. The van der Waals surface area contributed by atoms with Crippen LogP contribution in [0.4, 0.5) is 4.39 Å². The lowest BCUT2D eigenvalue weighted by molar-refractivity contribution is -0.0986. The van der Waals surface area contributed by atoms with Crippen molar-refractivity contribution in [1.29, 1.82) is 0 Å². The van der Waals surface area contributed by atoms with E-state index in [0.717, 1.165) is 30.7 Å². The van der Waals surface area contributed by atoms with Gasteiger partial charge < -0.3 is 14.8 Å². The van der Waals surface area contributed by atoms with E-state index >= 15 is 0 Å². The number of methoxy groups -OCH3 is 1. The predicted octanol–water partition coefficient (Wildman–Crippen LogP) is 2.53. The molecule has 2 aliphatic rings. The maximum absolute atomic E-state index is 13.2. The Balaban J connectivity index is 1.52. The summed E-state index contributed by atoms with van der Waals surface area (Å²) in [6.07, 6.45) is 2.25. The molecule has 3 rings (SSSR count). The van der Waals surface area contributed by atoms with Gasteiger partial charge in [-0.3, -0.25) is 0 Å². The summed E-state index contributed by atoms with van der Waals surface area (Å²) in [5.41, 5.74) is 1.13. The molecule has 1 heterocycles. The zero-order chi connectivity index (χ0) is 14.3. The van der Waals surface area contributed by atoms with Crippen LogP contribution >= 0.6 is 0 Å². The van der Waals surface area contributed by atoms with Gasteiger partial charge in [0.25, 0.3) is 0 Å². The van der Waals surface area contributed by atoms with Crippen LogP contribution in [0.25, 0.3) is 0 Å². The summed E-state index contributed by atoms with van der Waals surface area (Å²) in [6, 6.07) is 5.20. The number of rotatable bonds is 4. The van der Waals surface area contributed by atoms with Gasteiger partial charge in [0.1, 0.15) is 17.7 Å². The van der Waals surface area contributed by atoms with Gasteiger partial charge in [-0.25, -0.2) is 4.39 Å². The fourth-order valence-electron chi connectivity index (χ4n) is 3.31. The van der Waals surface area contributed by atoms with Crippen molar-refractivity contribution in [2.45, 2.75) is 44.9 Å².